The van der Waals surface area contributed by atoms with Gasteiger partial charge in [-0.15, -0.1) is 10.2 Å². The minimum absolute atomic E-state index is 0.510. The van der Waals surface area contributed by atoms with Gasteiger partial charge >= 0.3 is 0 Å². The van der Waals surface area contributed by atoms with Crippen molar-refractivity contribution in [1.29, 1.82) is 0 Å². The molecule has 3 aromatic rings. The molecular weight excluding hydrogens is 292 g/mol. The van der Waals surface area contributed by atoms with Crippen molar-refractivity contribution < 1.29 is 4.42 Å². The zero-order valence-corrected chi connectivity index (χ0v) is 13.1. The van der Waals surface area contributed by atoms with Gasteiger partial charge in [-0.3, -0.25) is 4.40 Å². The van der Waals surface area contributed by atoms with Gasteiger partial charge in [0.05, 0.1) is 6.26 Å². The van der Waals surface area contributed by atoms with E-state index in [4.69, 9.17) is 4.42 Å². The number of nitrogens with zero attached hydrogens (tertiary/aromatic N) is 4. The fraction of sp³-hybridized carbons (Fsp3) is 0.312. The Balaban J connectivity index is 1.57. The number of pyridine rings is 1. The van der Waals surface area contributed by atoms with Crippen molar-refractivity contribution >= 4 is 11.6 Å². The van der Waals surface area contributed by atoms with E-state index in [0.29, 0.717) is 6.54 Å². The van der Waals surface area contributed by atoms with Crippen molar-refractivity contribution in [3.05, 3.63) is 54.4 Å². The van der Waals surface area contributed by atoms with Crippen molar-refractivity contribution in [3.8, 4) is 0 Å². The summed E-state index contributed by atoms with van der Waals surface area (Å²) in [5.41, 5.74) is 0.862. The fourth-order valence-corrected chi connectivity index (χ4v) is 2.26. The molecule has 7 heteroatoms. The van der Waals surface area contributed by atoms with Crippen LogP contribution < -0.4 is 10.6 Å². The monoisotopic (exact) mass is 312 g/mol. The fourth-order valence-electron chi connectivity index (χ4n) is 2.26. The third kappa shape index (κ3) is 3.88. The van der Waals surface area contributed by atoms with Crippen molar-refractivity contribution in [2.75, 3.05) is 13.1 Å². The van der Waals surface area contributed by atoms with Crippen LogP contribution in [0.15, 0.2) is 52.2 Å². The highest BCUT2D eigenvalue weighted by Crippen LogP contribution is 2.03. The predicted molar refractivity (Wildman–Crippen MR) is 88.2 cm³/mol. The summed E-state index contributed by atoms with van der Waals surface area (Å²) < 4.78 is 7.28. The SMILES string of the molecule is CCNC(=NCc1ccco1)NCCc1nnc2ccccn12. The molecule has 0 aliphatic carbocycles. The molecule has 120 valence electrons. The van der Waals surface area contributed by atoms with Crippen molar-refractivity contribution in [2.24, 2.45) is 4.99 Å². The normalized spacial score (nSPS) is 11.8. The molecule has 0 unspecified atom stereocenters. The molecule has 0 spiro atoms. The summed E-state index contributed by atoms with van der Waals surface area (Å²) in [6.07, 6.45) is 4.39. The van der Waals surface area contributed by atoms with Crippen LogP contribution >= 0.6 is 0 Å². The number of rotatable bonds is 6. The minimum atomic E-state index is 0.510. The van der Waals surface area contributed by atoms with Crippen LogP contribution in [-0.4, -0.2) is 33.6 Å². The number of aromatic nitrogens is 3. The summed E-state index contributed by atoms with van der Waals surface area (Å²) in [6, 6.07) is 9.65. The zero-order valence-electron chi connectivity index (χ0n) is 13.1. The lowest BCUT2D eigenvalue weighted by Gasteiger charge is -2.10. The van der Waals surface area contributed by atoms with Crippen LogP contribution in [-0.2, 0) is 13.0 Å². The van der Waals surface area contributed by atoms with Gasteiger partial charge in [0.15, 0.2) is 11.6 Å². The van der Waals surface area contributed by atoms with E-state index in [1.54, 1.807) is 6.26 Å². The first kappa shape index (κ1) is 15.1. The maximum absolute atomic E-state index is 5.29. The van der Waals surface area contributed by atoms with Crippen molar-refractivity contribution in [3.63, 3.8) is 0 Å². The Labute approximate surface area is 134 Å². The Morgan fingerprint density at radius 2 is 2.17 bits per heavy atom. The zero-order chi connectivity index (χ0) is 15.9. The highest BCUT2D eigenvalue weighted by molar-refractivity contribution is 5.79. The van der Waals surface area contributed by atoms with E-state index in [1.807, 2.05) is 47.9 Å². The second-order valence-electron chi connectivity index (χ2n) is 5.00. The molecule has 23 heavy (non-hydrogen) atoms. The molecule has 7 nitrogen and oxygen atoms in total. The number of nitrogens with one attached hydrogen (secondary N) is 2. The average molecular weight is 312 g/mol. The molecule has 0 aliphatic rings. The predicted octanol–water partition coefficient (Wildman–Crippen LogP) is 1.62. The van der Waals surface area contributed by atoms with Gasteiger partial charge < -0.3 is 15.1 Å². The second-order valence-corrected chi connectivity index (χ2v) is 5.00. The summed E-state index contributed by atoms with van der Waals surface area (Å²) in [4.78, 5) is 4.49. The summed E-state index contributed by atoms with van der Waals surface area (Å²) in [5, 5.41) is 14.9. The minimum Gasteiger partial charge on any atom is -0.467 e. The smallest absolute Gasteiger partial charge is 0.191 e. The summed E-state index contributed by atoms with van der Waals surface area (Å²) >= 11 is 0. The Morgan fingerprint density at radius 3 is 3.00 bits per heavy atom. The highest BCUT2D eigenvalue weighted by atomic mass is 16.3. The van der Waals surface area contributed by atoms with Gasteiger partial charge in [0, 0.05) is 25.7 Å². The van der Waals surface area contributed by atoms with Crippen LogP contribution in [0.1, 0.15) is 18.5 Å². The summed E-state index contributed by atoms with van der Waals surface area (Å²) in [5.74, 6) is 2.53. The maximum Gasteiger partial charge on any atom is 0.191 e. The van der Waals surface area contributed by atoms with Gasteiger partial charge in [-0.05, 0) is 31.2 Å². The van der Waals surface area contributed by atoms with E-state index < -0.39 is 0 Å². The van der Waals surface area contributed by atoms with Crippen LogP contribution in [0.2, 0.25) is 0 Å². The molecule has 0 fully saturated rings. The largest absolute Gasteiger partial charge is 0.467 e. The van der Waals surface area contributed by atoms with Crippen LogP contribution in [0.3, 0.4) is 0 Å². The third-order valence-electron chi connectivity index (χ3n) is 3.34. The molecule has 0 saturated heterocycles. The maximum atomic E-state index is 5.29. The van der Waals surface area contributed by atoms with Gasteiger partial charge in [-0.2, -0.15) is 0 Å². The average Bonchev–Trinajstić information content (AvgIpc) is 3.22. The molecule has 0 aromatic carbocycles. The molecule has 0 amide bonds. The number of fused-ring (bicyclic) bond motifs is 1. The Morgan fingerprint density at radius 1 is 1.22 bits per heavy atom. The highest BCUT2D eigenvalue weighted by Gasteiger charge is 2.05. The molecule has 3 aromatic heterocycles. The number of hydrogen-bond donors (Lipinski definition) is 2. The molecule has 0 bridgehead atoms. The standard InChI is InChI=1S/C16H20N6O/c1-2-17-16(19-12-13-6-5-11-23-13)18-9-8-15-21-20-14-7-3-4-10-22(14)15/h3-7,10-11H,2,8-9,12H2,1H3,(H2,17,18,19). The van der Waals surface area contributed by atoms with Gasteiger partial charge in [-0.1, -0.05) is 6.07 Å². The van der Waals surface area contributed by atoms with E-state index in [0.717, 1.165) is 42.7 Å². The lowest BCUT2D eigenvalue weighted by Crippen LogP contribution is -2.38. The van der Waals surface area contributed by atoms with E-state index in [1.165, 1.54) is 0 Å². The molecular formula is C16H20N6O. The Kier molecular flexibility index (Phi) is 4.88. The molecule has 0 saturated carbocycles. The van der Waals surface area contributed by atoms with E-state index in [2.05, 4.69) is 25.8 Å². The van der Waals surface area contributed by atoms with Crippen LogP contribution in [0.5, 0.6) is 0 Å². The van der Waals surface area contributed by atoms with Crippen LogP contribution in [0, 0.1) is 0 Å². The van der Waals surface area contributed by atoms with Gasteiger partial charge in [0.2, 0.25) is 0 Å². The number of aliphatic imine (C=N–C) groups is 1. The molecule has 2 N–H and O–H groups in total. The molecule has 3 heterocycles. The first-order valence-corrected chi connectivity index (χ1v) is 7.70. The topological polar surface area (TPSA) is 79.8 Å². The van der Waals surface area contributed by atoms with Crippen molar-refractivity contribution in [1.82, 2.24) is 25.2 Å². The lowest BCUT2D eigenvalue weighted by molar-refractivity contribution is 0.512. The van der Waals surface area contributed by atoms with Gasteiger partial charge in [0.1, 0.15) is 18.1 Å². The molecule has 0 radical (unpaired) electrons. The molecule has 0 aliphatic heterocycles. The lowest BCUT2D eigenvalue weighted by atomic mass is 10.4. The number of furan rings is 1. The first-order chi connectivity index (χ1) is 11.4. The van der Waals surface area contributed by atoms with E-state index in [9.17, 15) is 0 Å². The van der Waals surface area contributed by atoms with Crippen molar-refractivity contribution in [2.45, 2.75) is 19.9 Å². The second kappa shape index (κ2) is 7.44. The molecule has 0 atom stereocenters. The number of hydrogen-bond acceptors (Lipinski definition) is 4. The van der Waals surface area contributed by atoms with Gasteiger partial charge in [0.25, 0.3) is 0 Å². The molecule has 3 rings (SSSR count). The summed E-state index contributed by atoms with van der Waals surface area (Å²) in [7, 11) is 0. The van der Waals surface area contributed by atoms with Gasteiger partial charge in [-0.25, -0.2) is 4.99 Å². The third-order valence-corrected chi connectivity index (χ3v) is 3.34. The van der Waals surface area contributed by atoms with Crippen LogP contribution in [0.4, 0.5) is 0 Å². The van der Waals surface area contributed by atoms with E-state index >= 15 is 0 Å². The number of guanidine groups is 1. The first-order valence-electron chi connectivity index (χ1n) is 7.70. The Hall–Kier alpha value is -2.83. The Bertz CT molecular complexity index is 762. The van der Waals surface area contributed by atoms with E-state index in [-0.39, 0.29) is 0 Å². The summed E-state index contributed by atoms with van der Waals surface area (Å²) in [6.45, 7) is 4.07. The quantitative estimate of drug-likeness (QED) is 0.534. The van der Waals surface area contributed by atoms with Crippen LogP contribution in [0.25, 0.3) is 5.65 Å².